The van der Waals surface area contributed by atoms with Gasteiger partial charge < -0.3 is 4.90 Å². The van der Waals surface area contributed by atoms with Gasteiger partial charge >= 0.3 is 5.69 Å². The van der Waals surface area contributed by atoms with Crippen LogP contribution in [0.25, 0.3) is 0 Å². The van der Waals surface area contributed by atoms with Crippen molar-refractivity contribution in [2.75, 3.05) is 13.1 Å². The first-order valence-electron chi connectivity index (χ1n) is 9.96. The van der Waals surface area contributed by atoms with Crippen molar-refractivity contribution >= 4 is 5.91 Å². The molecule has 0 spiro atoms. The number of nitrogens with one attached hydrogen (secondary N) is 1. The summed E-state index contributed by atoms with van der Waals surface area (Å²) >= 11 is 0. The number of carbonyl (C=O) groups excluding carboxylic acids is 1. The first-order valence-corrected chi connectivity index (χ1v) is 9.96. The van der Waals surface area contributed by atoms with Gasteiger partial charge in [0.25, 0.3) is 5.91 Å². The van der Waals surface area contributed by atoms with Crippen molar-refractivity contribution in [3.8, 4) is 0 Å². The Kier molecular flexibility index (Phi) is 5.28. The fourth-order valence-corrected chi connectivity index (χ4v) is 3.93. The maximum atomic E-state index is 13.1. The topological polar surface area (TPSA) is 102 Å². The summed E-state index contributed by atoms with van der Waals surface area (Å²) in [6, 6.07) is 9.97. The third kappa shape index (κ3) is 3.72. The summed E-state index contributed by atoms with van der Waals surface area (Å²) in [5.74, 6) is 0.637. The van der Waals surface area contributed by atoms with Gasteiger partial charge in [-0.25, -0.2) is 14.6 Å². The van der Waals surface area contributed by atoms with Crippen LogP contribution in [0.1, 0.15) is 53.3 Å². The number of aromatic amines is 1. The molecule has 0 radical (unpaired) electrons. The Morgan fingerprint density at radius 3 is 2.83 bits per heavy atom. The second-order valence-electron chi connectivity index (χ2n) is 7.39. The number of benzene rings is 1. The highest BCUT2D eigenvalue weighted by Crippen LogP contribution is 2.26. The summed E-state index contributed by atoms with van der Waals surface area (Å²) in [5.41, 5.74) is 2.04. The standard InChI is InChI=1S/C20H25N7O2/c1-3-26-18(22-23-20(26)29)16-10-7-11-25(13-16)19(28)17-14(2)27(24-21-17)12-15-8-5-4-6-9-15/h4-6,8-9,16H,3,7,10-13H2,1-2H3,(H,23,29)/t16-/m1/s1. The van der Waals surface area contributed by atoms with Crippen molar-refractivity contribution in [2.45, 2.75) is 45.7 Å². The number of aromatic nitrogens is 6. The number of piperidine rings is 1. The monoisotopic (exact) mass is 395 g/mol. The smallest absolute Gasteiger partial charge is 0.336 e. The number of hydrogen-bond donors (Lipinski definition) is 1. The summed E-state index contributed by atoms with van der Waals surface area (Å²) in [6.45, 7) is 6.11. The average molecular weight is 395 g/mol. The molecular weight excluding hydrogens is 370 g/mol. The number of hydrogen-bond acceptors (Lipinski definition) is 5. The lowest BCUT2D eigenvalue weighted by Crippen LogP contribution is -2.40. The highest BCUT2D eigenvalue weighted by atomic mass is 16.2. The molecule has 1 atom stereocenters. The van der Waals surface area contributed by atoms with E-state index in [4.69, 9.17) is 0 Å². The zero-order chi connectivity index (χ0) is 20.4. The number of nitrogens with zero attached hydrogens (tertiary/aromatic N) is 6. The molecule has 2 aromatic heterocycles. The van der Waals surface area contributed by atoms with Gasteiger partial charge in [0.05, 0.1) is 12.2 Å². The van der Waals surface area contributed by atoms with Gasteiger partial charge in [-0.3, -0.25) is 9.36 Å². The molecule has 0 saturated carbocycles. The number of amides is 1. The van der Waals surface area contributed by atoms with Crippen LogP contribution in [0.2, 0.25) is 0 Å². The van der Waals surface area contributed by atoms with Crippen LogP contribution in [0.4, 0.5) is 0 Å². The molecule has 0 bridgehead atoms. The van der Waals surface area contributed by atoms with E-state index in [2.05, 4.69) is 20.5 Å². The second kappa shape index (κ2) is 8.02. The minimum Gasteiger partial charge on any atom is -0.336 e. The molecule has 1 saturated heterocycles. The van der Waals surface area contributed by atoms with Crippen molar-refractivity contribution in [1.29, 1.82) is 0 Å². The Balaban J connectivity index is 1.51. The van der Waals surface area contributed by atoms with Crippen LogP contribution in [0.15, 0.2) is 35.1 Å². The first-order chi connectivity index (χ1) is 14.1. The molecular formula is C20H25N7O2. The first kappa shape index (κ1) is 19.1. The number of carbonyl (C=O) groups is 1. The molecule has 0 unspecified atom stereocenters. The lowest BCUT2D eigenvalue weighted by Gasteiger charge is -2.31. The Morgan fingerprint density at radius 2 is 2.07 bits per heavy atom. The van der Waals surface area contributed by atoms with E-state index < -0.39 is 0 Å². The van der Waals surface area contributed by atoms with Gasteiger partial charge in [0.1, 0.15) is 5.82 Å². The molecule has 1 aliphatic rings. The molecule has 9 nitrogen and oxygen atoms in total. The van der Waals surface area contributed by atoms with Gasteiger partial charge in [-0.05, 0) is 32.3 Å². The molecule has 152 valence electrons. The molecule has 3 heterocycles. The van der Waals surface area contributed by atoms with E-state index in [1.807, 2.05) is 44.2 Å². The molecule has 0 aliphatic carbocycles. The van der Waals surface area contributed by atoms with Crippen molar-refractivity contribution in [2.24, 2.45) is 0 Å². The van der Waals surface area contributed by atoms with E-state index in [-0.39, 0.29) is 17.5 Å². The number of H-pyrrole nitrogens is 1. The van der Waals surface area contributed by atoms with Crippen molar-refractivity contribution in [3.63, 3.8) is 0 Å². The maximum Gasteiger partial charge on any atom is 0.343 e. The normalized spacial score (nSPS) is 16.9. The predicted molar refractivity (Wildman–Crippen MR) is 107 cm³/mol. The molecule has 1 N–H and O–H groups in total. The lowest BCUT2D eigenvalue weighted by molar-refractivity contribution is 0.0696. The predicted octanol–water partition coefficient (Wildman–Crippen LogP) is 1.56. The lowest BCUT2D eigenvalue weighted by atomic mass is 9.96. The minimum absolute atomic E-state index is 0.0336. The van der Waals surface area contributed by atoms with Gasteiger partial charge in [0.15, 0.2) is 5.69 Å². The van der Waals surface area contributed by atoms with E-state index in [1.165, 1.54) is 0 Å². The summed E-state index contributed by atoms with van der Waals surface area (Å²) in [7, 11) is 0. The van der Waals surface area contributed by atoms with Crippen LogP contribution in [-0.2, 0) is 13.1 Å². The van der Waals surface area contributed by atoms with Gasteiger partial charge in [-0.15, -0.1) is 5.10 Å². The number of rotatable bonds is 5. The molecule has 9 heteroatoms. The quantitative estimate of drug-likeness (QED) is 0.706. The van der Waals surface area contributed by atoms with Gasteiger partial charge in [-0.1, -0.05) is 35.5 Å². The molecule has 3 aromatic rings. The van der Waals surface area contributed by atoms with Crippen LogP contribution in [-0.4, -0.2) is 53.7 Å². The summed E-state index contributed by atoms with van der Waals surface area (Å²) < 4.78 is 3.40. The van der Waals surface area contributed by atoms with Crippen LogP contribution in [0, 0.1) is 6.92 Å². The zero-order valence-corrected chi connectivity index (χ0v) is 16.7. The van der Waals surface area contributed by atoms with E-state index >= 15 is 0 Å². The highest BCUT2D eigenvalue weighted by molar-refractivity contribution is 5.93. The second-order valence-corrected chi connectivity index (χ2v) is 7.39. The van der Waals surface area contributed by atoms with Crippen molar-refractivity contribution in [3.05, 3.63) is 63.6 Å². The van der Waals surface area contributed by atoms with E-state index in [1.54, 1.807) is 14.1 Å². The van der Waals surface area contributed by atoms with E-state index in [0.717, 1.165) is 29.9 Å². The van der Waals surface area contributed by atoms with E-state index in [9.17, 15) is 9.59 Å². The largest absolute Gasteiger partial charge is 0.343 e. The SMILES string of the molecule is CCn1c([C@@H]2CCCN(C(=O)c3nnn(Cc4ccccc4)c3C)C2)n[nH]c1=O. The van der Waals surface area contributed by atoms with Crippen LogP contribution in [0.3, 0.4) is 0 Å². The maximum absolute atomic E-state index is 13.1. The molecule has 1 aliphatic heterocycles. The Hall–Kier alpha value is -3.23. The fourth-order valence-electron chi connectivity index (χ4n) is 3.93. The number of likely N-dealkylation sites (tertiary alicyclic amines) is 1. The van der Waals surface area contributed by atoms with Gasteiger partial charge in [-0.2, -0.15) is 5.10 Å². The summed E-state index contributed by atoms with van der Waals surface area (Å²) in [5, 5.41) is 15.1. The Morgan fingerprint density at radius 1 is 1.28 bits per heavy atom. The van der Waals surface area contributed by atoms with E-state index in [0.29, 0.717) is 31.9 Å². The molecule has 1 amide bonds. The third-order valence-electron chi connectivity index (χ3n) is 5.54. The average Bonchev–Trinajstić information content (AvgIpc) is 3.30. The fraction of sp³-hybridized carbons (Fsp3) is 0.450. The van der Waals surface area contributed by atoms with Gasteiger partial charge in [0, 0.05) is 25.6 Å². The summed E-state index contributed by atoms with van der Waals surface area (Å²) in [4.78, 5) is 26.8. The third-order valence-corrected chi connectivity index (χ3v) is 5.54. The highest BCUT2D eigenvalue weighted by Gasteiger charge is 2.31. The Labute approximate surface area is 168 Å². The van der Waals surface area contributed by atoms with Crippen molar-refractivity contribution in [1.82, 2.24) is 34.7 Å². The zero-order valence-electron chi connectivity index (χ0n) is 16.7. The molecule has 29 heavy (non-hydrogen) atoms. The molecule has 1 fully saturated rings. The Bertz CT molecular complexity index is 1050. The molecule has 4 rings (SSSR count). The van der Waals surface area contributed by atoms with Gasteiger partial charge in [0.2, 0.25) is 0 Å². The molecule has 1 aromatic carbocycles. The van der Waals surface area contributed by atoms with Crippen LogP contribution < -0.4 is 5.69 Å². The van der Waals surface area contributed by atoms with Crippen LogP contribution >= 0.6 is 0 Å². The van der Waals surface area contributed by atoms with Crippen molar-refractivity contribution < 1.29 is 4.79 Å². The van der Waals surface area contributed by atoms with Crippen LogP contribution in [0.5, 0.6) is 0 Å². The summed E-state index contributed by atoms with van der Waals surface area (Å²) in [6.07, 6.45) is 1.76. The minimum atomic E-state index is -0.203.